The Balaban J connectivity index is 1.83. The molecule has 2 aliphatic heterocycles. The van der Waals surface area contributed by atoms with Crippen LogP contribution in [0, 0.1) is 16.7 Å². The Hall–Kier alpha value is -2.10. The van der Waals surface area contributed by atoms with E-state index in [4.69, 9.17) is 32.7 Å². The average molecular weight is 544 g/mol. The smallest absolute Gasteiger partial charge is 0.229 e. The summed E-state index contributed by atoms with van der Waals surface area (Å²) < 4.78 is 12.0. The van der Waals surface area contributed by atoms with Gasteiger partial charge in [0.2, 0.25) is 5.91 Å². The molecule has 37 heavy (non-hydrogen) atoms. The van der Waals surface area contributed by atoms with Gasteiger partial charge in [-0.05, 0) is 74.9 Å². The lowest BCUT2D eigenvalue weighted by Crippen LogP contribution is -2.56. The minimum absolute atomic E-state index is 0.00552. The molecule has 0 aromatic heterocycles. The number of likely N-dealkylation sites (tertiary alicyclic amines) is 1. The molecule has 5 atom stereocenters. The normalized spacial score (nSPS) is 28.2. The lowest BCUT2D eigenvalue weighted by Gasteiger charge is -2.52. The van der Waals surface area contributed by atoms with Crippen LogP contribution in [0.5, 0.6) is 0 Å². The molecule has 5 nitrogen and oxygen atoms in total. The van der Waals surface area contributed by atoms with E-state index in [0.717, 1.165) is 17.5 Å². The third kappa shape index (κ3) is 6.15. The predicted octanol–water partition coefficient (Wildman–Crippen LogP) is 7.68. The molecule has 2 aliphatic rings. The number of piperidine rings is 1. The second-order valence-electron chi connectivity index (χ2n) is 11.0. The van der Waals surface area contributed by atoms with Gasteiger partial charge in [-0.15, -0.1) is 0 Å². The fraction of sp³-hybridized carbons (Fsp3) is 0.533. The van der Waals surface area contributed by atoms with Crippen molar-refractivity contribution >= 4 is 29.1 Å². The van der Waals surface area contributed by atoms with E-state index in [0.29, 0.717) is 42.3 Å². The largest absolute Gasteiger partial charge is 0.348 e. The van der Waals surface area contributed by atoms with Crippen molar-refractivity contribution in [1.82, 2.24) is 4.90 Å². The summed E-state index contributed by atoms with van der Waals surface area (Å²) in [5.74, 6) is -0.562. The highest BCUT2D eigenvalue weighted by Crippen LogP contribution is 2.53. The van der Waals surface area contributed by atoms with E-state index in [1.165, 1.54) is 0 Å². The molecule has 2 heterocycles. The Kier molecular flexibility index (Phi) is 8.55. The molecule has 0 N–H and O–H groups in total. The first-order valence-corrected chi connectivity index (χ1v) is 13.8. The number of amides is 1. The summed E-state index contributed by atoms with van der Waals surface area (Å²) in [4.78, 5) is 16.6. The van der Waals surface area contributed by atoms with Gasteiger partial charge in [-0.25, -0.2) is 0 Å². The molecule has 7 heteroatoms. The molecule has 198 valence electrons. The summed E-state index contributed by atoms with van der Waals surface area (Å²) in [6.07, 6.45) is 2.80. The Labute approximate surface area is 230 Å². The third-order valence-electron chi connectivity index (χ3n) is 7.79. The van der Waals surface area contributed by atoms with E-state index in [1.807, 2.05) is 56.3 Å². The molecule has 2 unspecified atom stereocenters. The van der Waals surface area contributed by atoms with Crippen LogP contribution in [0.1, 0.15) is 82.9 Å². The highest BCUT2D eigenvalue weighted by atomic mass is 35.5. The van der Waals surface area contributed by atoms with Crippen LogP contribution in [-0.2, 0) is 14.3 Å². The van der Waals surface area contributed by atoms with Gasteiger partial charge >= 0.3 is 0 Å². The van der Waals surface area contributed by atoms with E-state index >= 15 is 0 Å². The van der Waals surface area contributed by atoms with Crippen molar-refractivity contribution in [2.45, 2.75) is 89.7 Å². The predicted molar refractivity (Wildman–Crippen MR) is 146 cm³/mol. The van der Waals surface area contributed by atoms with Crippen LogP contribution in [0.3, 0.4) is 0 Å². The Morgan fingerprint density at radius 2 is 1.84 bits per heavy atom. The fourth-order valence-electron chi connectivity index (χ4n) is 6.11. The van der Waals surface area contributed by atoms with Gasteiger partial charge in [-0.1, -0.05) is 61.3 Å². The zero-order chi connectivity index (χ0) is 26.8. The minimum atomic E-state index is -0.676. The zero-order valence-corrected chi connectivity index (χ0v) is 23.6. The molecular weight excluding hydrogens is 507 g/mol. The van der Waals surface area contributed by atoms with E-state index in [2.05, 4.69) is 30.9 Å². The summed E-state index contributed by atoms with van der Waals surface area (Å²) in [6.45, 7) is 8.42. The van der Waals surface area contributed by atoms with Gasteiger partial charge in [0, 0.05) is 33.8 Å². The Bertz CT molecular complexity index is 1150. The molecule has 4 rings (SSSR count). The van der Waals surface area contributed by atoms with E-state index in [1.54, 1.807) is 0 Å². The Morgan fingerprint density at radius 3 is 2.43 bits per heavy atom. The van der Waals surface area contributed by atoms with Crippen LogP contribution in [-0.4, -0.2) is 35.3 Å². The van der Waals surface area contributed by atoms with Crippen molar-refractivity contribution in [1.29, 1.82) is 5.26 Å². The minimum Gasteiger partial charge on any atom is -0.348 e. The first-order chi connectivity index (χ1) is 17.6. The molecule has 0 spiro atoms. The van der Waals surface area contributed by atoms with Crippen molar-refractivity contribution in [2.24, 2.45) is 5.41 Å². The van der Waals surface area contributed by atoms with Gasteiger partial charge in [0.15, 0.2) is 5.79 Å². The average Bonchev–Trinajstić information content (AvgIpc) is 3.20. The van der Waals surface area contributed by atoms with Gasteiger partial charge in [-0.3, -0.25) is 4.79 Å². The van der Waals surface area contributed by atoms with Gasteiger partial charge in [0.05, 0.1) is 24.8 Å². The SMILES string of the molecule is CCC(CCC#N)N1C(=O)[C@@](C)(CC2COC(C)(C)O2)C[C@H](c2cccc(Cl)c2)[C@H]1c1ccc(Cl)cc1. The number of carbonyl (C=O) groups excluding carboxylic acids is 1. The van der Waals surface area contributed by atoms with Gasteiger partial charge in [0.1, 0.15) is 0 Å². The molecular formula is C30H36Cl2N2O3. The van der Waals surface area contributed by atoms with Crippen LogP contribution in [0.25, 0.3) is 0 Å². The number of nitriles is 1. The van der Waals surface area contributed by atoms with Crippen molar-refractivity contribution < 1.29 is 14.3 Å². The van der Waals surface area contributed by atoms with Crippen LogP contribution >= 0.6 is 23.2 Å². The summed E-state index contributed by atoms with van der Waals surface area (Å²) in [5, 5.41) is 10.7. The van der Waals surface area contributed by atoms with Crippen molar-refractivity contribution in [2.75, 3.05) is 6.61 Å². The summed E-state index contributed by atoms with van der Waals surface area (Å²) in [6, 6.07) is 17.7. The number of halogens is 2. The van der Waals surface area contributed by atoms with Crippen molar-refractivity contribution in [3.8, 4) is 6.07 Å². The highest BCUT2D eigenvalue weighted by Gasteiger charge is 2.53. The topological polar surface area (TPSA) is 62.6 Å². The maximum atomic E-state index is 14.5. The molecule has 0 bridgehead atoms. The zero-order valence-electron chi connectivity index (χ0n) is 22.0. The van der Waals surface area contributed by atoms with E-state index in [9.17, 15) is 10.1 Å². The molecule has 2 aromatic carbocycles. The highest BCUT2D eigenvalue weighted by molar-refractivity contribution is 6.30. The molecule has 0 saturated carbocycles. The number of ether oxygens (including phenoxy) is 2. The second-order valence-corrected chi connectivity index (χ2v) is 11.9. The number of hydrogen-bond acceptors (Lipinski definition) is 4. The number of hydrogen-bond donors (Lipinski definition) is 0. The van der Waals surface area contributed by atoms with Crippen LogP contribution in [0.4, 0.5) is 0 Å². The Morgan fingerprint density at radius 1 is 1.11 bits per heavy atom. The van der Waals surface area contributed by atoms with E-state index < -0.39 is 11.2 Å². The molecule has 0 radical (unpaired) electrons. The van der Waals surface area contributed by atoms with Crippen molar-refractivity contribution in [3.63, 3.8) is 0 Å². The van der Waals surface area contributed by atoms with Crippen LogP contribution in [0.2, 0.25) is 10.0 Å². The standard InChI is InChI=1S/C30H36Cl2N2O3/c1-5-24(10-7-15-33)34-27(20-11-13-22(31)14-12-20)26(21-8-6-9-23(32)16-21)18-30(4,28(34)35)17-25-19-36-29(2,3)37-25/h6,8-9,11-14,16,24-27H,5,7,10,17-19H2,1-4H3/t24?,25?,26-,27-,30+/m1/s1. The first-order valence-electron chi connectivity index (χ1n) is 13.1. The number of carbonyl (C=O) groups is 1. The quantitative estimate of drug-likeness (QED) is 0.343. The van der Waals surface area contributed by atoms with Gasteiger partial charge in [-0.2, -0.15) is 5.26 Å². The van der Waals surface area contributed by atoms with Gasteiger partial charge in [0.25, 0.3) is 0 Å². The van der Waals surface area contributed by atoms with Gasteiger partial charge < -0.3 is 14.4 Å². The summed E-state index contributed by atoms with van der Waals surface area (Å²) >= 11 is 12.7. The monoisotopic (exact) mass is 542 g/mol. The molecule has 2 aromatic rings. The molecule has 1 amide bonds. The first kappa shape index (κ1) is 27.9. The van der Waals surface area contributed by atoms with Crippen LogP contribution < -0.4 is 0 Å². The molecule has 0 aliphatic carbocycles. The van der Waals surface area contributed by atoms with E-state index in [-0.39, 0.29) is 30.0 Å². The third-order valence-corrected chi connectivity index (χ3v) is 8.28. The number of rotatable bonds is 8. The maximum Gasteiger partial charge on any atom is 0.229 e. The maximum absolute atomic E-state index is 14.5. The molecule has 2 fully saturated rings. The lowest BCUT2D eigenvalue weighted by molar-refractivity contribution is -0.163. The number of benzene rings is 2. The van der Waals surface area contributed by atoms with Crippen molar-refractivity contribution in [3.05, 3.63) is 69.7 Å². The fourth-order valence-corrected chi connectivity index (χ4v) is 6.43. The lowest BCUT2D eigenvalue weighted by atomic mass is 9.66. The molecule has 2 saturated heterocycles. The summed E-state index contributed by atoms with van der Waals surface area (Å²) in [5.41, 5.74) is 1.45. The van der Waals surface area contributed by atoms with Crippen LogP contribution in [0.15, 0.2) is 48.5 Å². The summed E-state index contributed by atoms with van der Waals surface area (Å²) in [7, 11) is 0. The number of nitrogens with zero attached hydrogens (tertiary/aromatic N) is 2. The second kappa shape index (κ2) is 11.3.